The largest absolute Gasteiger partial charge is 0.424 e. The number of fused-ring (bicyclic) bond motifs is 1. The summed E-state index contributed by atoms with van der Waals surface area (Å²) in [7, 11) is 0. The van der Waals surface area contributed by atoms with Crippen LogP contribution < -0.4 is 10.7 Å². The number of dihydropyridines is 1. The van der Waals surface area contributed by atoms with Gasteiger partial charge < -0.3 is 20.1 Å². The smallest absolute Gasteiger partial charge is 0.295 e. The quantitative estimate of drug-likeness (QED) is 0.348. The molecule has 0 radical (unpaired) electrons. The van der Waals surface area contributed by atoms with E-state index in [2.05, 4.69) is 30.8 Å². The lowest BCUT2D eigenvalue weighted by atomic mass is 9.71. The minimum Gasteiger partial charge on any atom is -0.424 e. The number of ether oxygens (including phenoxy) is 1. The first-order valence-electron chi connectivity index (χ1n) is 13.5. The van der Waals surface area contributed by atoms with E-state index >= 15 is 4.39 Å². The van der Waals surface area contributed by atoms with E-state index in [-0.39, 0.29) is 34.5 Å². The second kappa shape index (κ2) is 9.31. The monoisotopic (exact) mass is 549 g/mol. The molecule has 3 atom stereocenters. The Hall–Kier alpha value is -3.50. The molecule has 2 aliphatic heterocycles. The molecule has 202 valence electrons. The Bertz CT molecular complexity index is 1530. The van der Waals surface area contributed by atoms with Gasteiger partial charge in [0.05, 0.1) is 5.70 Å². The molecule has 39 heavy (non-hydrogen) atoms. The fourth-order valence-electron chi connectivity index (χ4n) is 6.32. The summed E-state index contributed by atoms with van der Waals surface area (Å²) in [6.07, 6.45) is 11.6. The Kier molecular flexibility index (Phi) is 5.85. The second-order valence-electron chi connectivity index (χ2n) is 10.9. The number of rotatable bonds is 6. The highest BCUT2D eigenvalue weighted by Gasteiger charge is 2.54. The average molecular weight is 550 g/mol. The topological polar surface area (TPSA) is 120 Å². The predicted octanol–water partition coefficient (Wildman–Crippen LogP) is 4.80. The molecule has 3 unspecified atom stereocenters. The Morgan fingerprint density at radius 3 is 2.82 bits per heavy atom. The Labute approximate surface area is 229 Å². The van der Waals surface area contributed by atoms with Crippen molar-refractivity contribution in [1.82, 2.24) is 30.7 Å². The molecule has 2 saturated carbocycles. The number of hydrogen-bond donors (Lipinski definition) is 4. The van der Waals surface area contributed by atoms with Crippen molar-refractivity contribution in [2.75, 3.05) is 6.54 Å². The summed E-state index contributed by atoms with van der Waals surface area (Å²) in [6.45, 7) is 0.553. The molecule has 4 aliphatic rings. The van der Waals surface area contributed by atoms with E-state index in [4.69, 9.17) is 21.3 Å². The van der Waals surface area contributed by atoms with Crippen molar-refractivity contribution in [1.29, 1.82) is 0 Å². The lowest BCUT2D eigenvalue weighted by molar-refractivity contribution is -0.0333. The normalized spacial score (nSPS) is 24.9. The summed E-state index contributed by atoms with van der Waals surface area (Å²) >= 11 is 6.31. The number of aromatic nitrogens is 4. The van der Waals surface area contributed by atoms with Gasteiger partial charge in [0.1, 0.15) is 11.2 Å². The van der Waals surface area contributed by atoms with Gasteiger partial charge in [-0.2, -0.15) is 0 Å². The first-order chi connectivity index (χ1) is 18.9. The van der Waals surface area contributed by atoms with E-state index in [0.29, 0.717) is 40.5 Å². The van der Waals surface area contributed by atoms with Crippen molar-refractivity contribution >= 4 is 28.7 Å². The van der Waals surface area contributed by atoms with Crippen molar-refractivity contribution in [2.24, 2.45) is 16.4 Å². The third-order valence-corrected chi connectivity index (χ3v) is 8.75. The van der Waals surface area contributed by atoms with E-state index in [0.717, 1.165) is 12.8 Å². The molecular formula is C28H29ClFN7O2. The Morgan fingerprint density at radius 1 is 1.18 bits per heavy atom. The third kappa shape index (κ3) is 4.35. The number of nitrogens with one attached hydrogen (secondary N) is 3. The summed E-state index contributed by atoms with van der Waals surface area (Å²) in [6, 6.07) is 7.22. The first-order valence-corrected chi connectivity index (χ1v) is 13.8. The summed E-state index contributed by atoms with van der Waals surface area (Å²) < 4.78 is 23.0. The van der Waals surface area contributed by atoms with Gasteiger partial charge in [-0.25, -0.2) is 24.8 Å². The molecule has 0 amide bonds. The number of H-pyrrole nitrogens is 1. The van der Waals surface area contributed by atoms with Crippen LogP contribution in [0.1, 0.15) is 56.6 Å². The number of alkyl halides is 1. The van der Waals surface area contributed by atoms with E-state index in [1.54, 1.807) is 12.1 Å². The van der Waals surface area contributed by atoms with Gasteiger partial charge in [-0.05, 0) is 61.6 Å². The van der Waals surface area contributed by atoms with E-state index < -0.39 is 12.1 Å². The number of nitrogens with zero attached hydrogens (tertiary/aromatic N) is 4. The van der Waals surface area contributed by atoms with Crippen LogP contribution in [0, 0.1) is 11.3 Å². The van der Waals surface area contributed by atoms with E-state index in [1.165, 1.54) is 25.7 Å². The number of halogens is 2. The van der Waals surface area contributed by atoms with E-state index in [9.17, 15) is 5.11 Å². The second-order valence-corrected chi connectivity index (χ2v) is 11.3. The highest BCUT2D eigenvalue weighted by molar-refractivity contribution is 6.30. The minimum atomic E-state index is -1.87. The molecule has 2 aromatic heterocycles. The minimum absolute atomic E-state index is 0.0170. The van der Waals surface area contributed by atoms with Crippen LogP contribution in [0.4, 0.5) is 4.39 Å². The van der Waals surface area contributed by atoms with Crippen LogP contribution in [0.2, 0.25) is 5.02 Å². The third-order valence-electron chi connectivity index (χ3n) is 8.51. The molecule has 0 saturated heterocycles. The number of allylic oxidation sites excluding steroid dienone is 3. The summed E-state index contributed by atoms with van der Waals surface area (Å²) in [5.41, 5.74) is 3.26. The molecule has 9 nitrogen and oxygen atoms in total. The van der Waals surface area contributed by atoms with Crippen LogP contribution in [-0.4, -0.2) is 43.9 Å². The fourth-order valence-corrected chi connectivity index (χ4v) is 6.51. The maximum Gasteiger partial charge on any atom is 0.295 e. The van der Waals surface area contributed by atoms with Crippen molar-refractivity contribution in [3.63, 3.8) is 0 Å². The van der Waals surface area contributed by atoms with Crippen molar-refractivity contribution < 1.29 is 14.2 Å². The number of imidazole rings is 1. The highest BCUT2D eigenvalue weighted by Crippen LogP contribution is 2.62. The SMILES string of the molecule is OC1NN=C(c2nc(-c3cccc(Cl)c3)c3[nH]c(C(F)(CC4CCCCC45CC5)C4=CC=CCN4)nc3n2)O1. The summed E-state index contributed by atoms with van der Waals surface area (Å²) in [5, 5.41) is 17.5. The van der Waals surface area contributed by atoms with Gasteiger partial charge >= 0.3 is 0 Å². The maximum absolute atomic E-state index is 17.6. The first kappa shape index (κ1) is 24.5. The van der Waals surface area contributed by atoms with Gasteiger partial charge in [0.25, 0.3) is 12.3 Å². The van der Waals surface area contributed by atoms with Crippen molar-refractivity contribution in [3.05, 3.63) is 64.9 Å². The van der Waals surface area contributed by atoms with Crippen LogP contribution in [0.15, 0.2) is 53.3 Å². The molecule has 0 bridgehead atoms. The fraction of sp³-hybridized carbons (Fsp3) is 0.429. The van der Waals surface area contributed by atoms with Crippen LogP contribution in [-0.2, 0) is 10.4 Å². The van der Waals surface area contributed by atoms with Crippen LogP contribution in [0.25, 0.3) is 22.4 Å². The zero-order valence-corrected chi connectivity index (χ0v) is 22.0. The molecule has 7 rings (SSSR count). The molecular weight excluding hydrogens is 521 g/mol. The molecule has 11 heteroatoms. The van der Waals surface area contributed by atoms with Crippen LogP contribution >= 0.6 is 11.6 Å². The molecule has 1 aromatic carbocycles. The summed E-state index contributed by atoms with van der Waals surface area (Å²) in [5.74, 6) is 0.602. The number of hydrazone groups is 1. The number of aromatic amines is 1. The van der Waals surface area contributed by atoms with Gasteiger partial charge in [0, 0.05) is 17.1 Å². The zero-order valence-electron chi connectivity index (χ0n) is 21.3. The number of hydrogen-bond acceptors (Lipinski definition) is 8. The van der Waals surface area contributed by atoms with Gasteiger partial charge in [-0.3, -0.25) is 0 Å². The molecule has 2 fully saturated rings. The molecule has 1 spiro atoms. The van der Waals surface area contributed by atoms with Crippen LogP contribution in [0.5, 0.6) is 0 Å². The standard InChI is InChI=1S/C28H29ClFN7O2/c29-18-8-5-6-16(14-18)20-21-22(34-23(32-20)24-36-37-26(38)39-24)35-25(33-21)28(30,19-9-2-4-13-31-19)15-17-7-1-3-10-27(17)11-12-27/h2,4-6,8-9,14,17,26,31,37-38H,1,3,7,10-13,15H2,(H,32,33,34,35). The number of benzene rings is 1. The number of aliphatic hydroxyl groups excluding tert-OH is 1. The average Bonchev–Trinajstić information content (AvgIpc) is 3.36. The van der Waals surface area contributed by atoms with Gasteiger partial charge in [-0.15, -0.1) is 5.10 Å². The van der Waals surface area contributed by atoms with Gasteiger partial charge in [0.2, 0.25) is 11.5 Å². The van der Waals surface area contributed by atoms with Crippen molar-refractivity contribution in [3.8, 4) is 11.3 Å². The maximum atomic E-state index is 17.6. The highest BCUT2D eigenvalue weighted by atomic mass is 35.5. The molecule has 4 heterocycles. The zero-order chi connectivity index (χ0) is 26.6. The Balaban J connectivity index is 1.38. The Morgan fingerprint density at radius 2 is 2.08 bits per heavy atom. The molecule has 3 aromatic rings. The summed E-state index contributed by atoms with van der Waals surface area (Å²) in [4.78, 5) is 17.2. The van der Waals surface area contributed by atoms with Gasteiger partial charge in [0.15, 0.2) is 11.5 Å². The molecule has 2 aliphatic carbocycles. The predicted molar refractivity (Wildman–Crippen MR) is 145 cm³/mol. The van der Waals surface area contributed by atoms with E-state index in [1.807, 2.05) is 30.4 Å². The van der Waals surface area contributed by atoms with Crippen molar-refractivity contribution in [2.45, 2.75) is 57.0 Å². The van der Waals surface area contributed by atoms with Gasteiger partial charge in [-0.1, -0.05) is 48.7 Å². The molecule has 4 N–H and O–H groups in total. The lowest BCUT2D eigenvalue weighted by Crippen LogP contribution is -2.38. The van der Waals surface area contributed by atoms with Crippen LogP contribution in [0.3, 0.4) is 0 Å². The number of aliphatic hydroxyl groups is 1. The lowest BCUT2D eigenvalue weighted by Gasteiger charge is -2.38.